The number of aliphatic hydroxyl groups is 1. The van der Waals surface area contributed by atoms with Crippen LogP contribution < -0.4 is 5.73 Å². The number of carbonyl (C=O) groups excluding carboxylic acids is 2. The zero-order chi connectivity index (χ0) is 20.8. The first-order chi connectivity index (χ1) is 13.8. The Hall–Kier alpha value is -3.52. The number of amides is 2. The monoisotopic (exact) mass is 392 g/mol. The second kappa shape index (κ2) is 6.82. The van der Waals surface area contributed by atoms with Gasteiger partial charge < -0.3 is 20.3 Å². The molecule has 8 heteroatoms. The average molecular weight is 392 g/mol. The van der Waals surface area contributed by atoms with Gasteiger partial charge in [0.15, 0.2) is 5.76 Å². The first-order valence-electron chi connectivity index (χ1n) is 9.12. The Labute approximate surface area is 166 Å². The lowest BCUT2D eigenvalue weighted by Gasteiger charge is -2.16. The molecule has 1 unspecified atom stereocenters. The number of nitrogens with two attached hydrogens (primary N) is 1. The first-order valence-corrected chi connectivity index (χ1v) is 9.12. The molecule has 29 heavy (non-hydrogen) atoms. The highest BCUT2D eigenvalue weighted by molar-refractivity contribution is 5.91. The Kier molecular flexibility index (Phi) is 4.43. The van der Waals surface area contributed by atoms with Crippen LogP contribution in [0.3, 0.4) is 0 Å². The summed E-state index contributed by atoms with van der Waals surface area (Å²) in [6, 6.07) is 12.4. The molecule has 148 valence electrons. The molecule has 0 spiro atoms. The fourth-order valence-electron chi connectivity index (χ4n) is 3.47. The molecule has 2 amide bonds. The van der Waals surface area contributed by atoms with Gasteiger partial charge in [-0.1, -0.05) is 23.4 Å². The van der Waals surface area contributed by atoms with E-state index in [4.69, 9.17) is 10.3 Å². The topological polar surface area (TPSA) is 123 Å². The minimum atomic E-state index is -1.69. The molecule has 3 heterocycles. The molecule has 0 aliphatic carbocycles. The van der Waals surface area contributed by atoms with E-state index in [1.807, 2.05) is 37.3 Å². The van der Waals surface area contributed by atoms with E-state index in [0.717, 1.165) is 16.7 Å². The van der Waals surface area contributed by atoms with Gasteiger partial charge in [0.2, 0.25) is 5.60 Å². The molecule has 4 rings (SSSR count). The van der Waals surface area contributed by atoms with E-state index in [0.29, 0.717) is 17.9 Å². The number of aromatic nitrogens is 2. The zero-order valence-corrected chi connectivity index (χ0v) is 16.0. The van der Waals surface area contributed by atoms with Crippen molar-refractivity contribution in [2.75, 3.05) is 13.6 Å². The SMILES string of the molecule is Cc1cc(C(N)=O)nc(-c2cccc(-c3cc(C4(O)CCN(C)C4=O)on3)c2)c1. The summed E-state index contributed by atoms with van der Waals surface area (Å²) in [7, 11) is 1.64. The summed E-state index contributed by atoms with van der Waals surface area (Å²) in [5, 5.41) is 14.8. The molecule has 1 saturated heterocycles. The summed E-state index contributed by atoms with van der Waals surface area (Å²) >= 11 is 0. The number of carbonyl (C=O) groups is 2. The van der Waals surface area contributed by atoms with Gasteiger partial charge in [-0.15, -0.1) is 0 Å². The van der Waals surface area contributed by atoms with Gasteiger partial charge in [0, 0.05) is 37.2 Å². The largest absolute Gasteiger partial charge is 0.373 e. The number of benzene rings is 1. The van der Waals surface area contributed by atoms with E-state index in [1.165, 1.54) is 4.90 Å². The van der Waals surface area contributed by atoms with Crippen molar-refractivity contribution < 1.29 is 19.2 Å². The molecular formula is C21H20N4O4. The van der Waals surface area contributed by atoms with E-state index >= 15 is 0 Å². The molecule has 2 aromatic heterocycles. The standard InChI is InChI=1S/C21H20N4O4/c1-12-8-15(23-17(9-12)19(22)26)13-4-3-5-14(10-13)16-11-18(29-24-16)21(28)6-7-25(2)20(21)27/h3-5,8-11,28H,6-7H2,1-2H3,(H2,22,26). The molecule has 8 nitrogen and oxygen atoms in total. The van der Waals surface area contributed by atoms with Crippen molar-refractivity contribution >= 4 is 11.8 Å². The van der Waals surface area contributed by atoms with Crippen LogP contribution in [0.1, 0.15) is 28.2 Å². The maximum Gasteiger partial charge on any atom is 0.267 e. The lowest BCUT2D eigenvalue weighted by molar-refractivity contribution is -0.144. The average Bonchev–Trinajstić information content (AvgIpc) is 3.30. The predicted molar refractivity (Wildman–Crippen MR) is 105 cm³/mol. The van der Waals surface area contributed by atoms with E-state index in [1.54, 1.807) is 19.2 Å². The summed E-state index contributed by atoms with van der Waals surface area (Å²) in [4.78, 5) is 29.6. The molecule has 1 aliphatic rings. The maximum absolute atomic E-state index is 12.3. The molecule has 1 aromatic carbocycles. The number of hydrogen-bond acceptors (Lipinski definition) is 6. The molecule has 0 bridgehead atoms. The number of primary amides is 1. The third kappa shape index (κ3) is 3.27. The van der Waals surface area contributed by atoms with Crippen LogP contribution in [-0.4, -0.2) is 45.6 Å². The summed E-state index contributed by atoms with van der Waals surface area (Å²) in [5.74, 6) is -0.875. The molecule has 1 fully saturated rings. The molecular weight excluding hydrogens is 372 g/mol. The fraction of sp³-hybridized carbons (Fsp3) is 0.238. The fourth-order valence-corrected chi connectivity index (χ4v) is 3.47. The molecule has 1 atom stereocenters. The number of pyridine rings is 1. The first kappa shape index (κ1) is 18.8. The van der Waals surface area contributed by atoms with Crippen LogP contribution in [0.25, 0.3) is 22.5 Å². The Bertz CT molecular complexity index is 1120. The third-order valence-electron chi connectivity index (χ3n) is 5.10. The minimum Gasteiger partial charge on any atom is -0.373 e. The van der Waals surface area contributed by atoms with E-state index in [2.05, 4.69) is 10.1 Å². The summed E-state index contributed by atoms with van der Waals surface area (Å²) < 4.78 is 5.32. The van der Waals surface area contributed by atoms with Gasteiger partial charge in [0.1, 0.15) is 11.4 Å². The number of aryl methyl sites for hydroxylation is 1. The van der Waals surface area contributed by atoms with Crippen molar-refractivity contribution in [3.05, 3.63) is 59.5 Å². The van der Waals surface area contributed by atoms with Crippen LogP contribution in [0.4, 0.5) is 0 Å². The van der Waals surface area contributed by atoms with Crippen molar-refractivity contribution in [3.63, 3.8) is 0 Å². The number of rotatable bonds is 4. The number of likely N-dealkylation sites (tertiary alicyclic amines) is 1. The van der Waals surface area contributed by atoms with Crippen LogP contribution in [0.15, 0.2) is 47.0 Å². The van der Waals surface area contributed by atoms with Gasteiger partial charge in [-0.2, -0.15) is 0 Å². The van der Waals surface area contributed by atoms with Gasteiger partial charge in [-0.05, 0) is 30.7 Å². The van der Waals surface area contributed by atoms with Crippen LogP contribution in [0.5, 0.6) is 0 Å². The quantitative estimate of drug-likeness (QED) is 0.699. The second-order valence-electron chi connectivity index (χ2n) is 7.27. The van der Waals surface area contributed by atoms with Crippen LogP contribution in [0, 0.1) is 6.92 Å². The summed E-state index contributed by atoms with van der Waals surface area (Å²) in [6.07, 6.45) is 0.250. The van der Waals surface area contributed by atoms with Crippen molar-refractivity contribution in [1.29, 1.82) is 0 Å². The van der Waals surface area contributed by atoms with E-state index in [9.17, 15) is 14.7 Å². The third-order valence-corrected chi connectivity index (χ3v) is 5.10. The Morgan fingerprint density at radius 2 is 1.93 bits per heavy atom. The Morgan fingerprint density at radius 1 is 1.21 bits per heavy atom. The van der Waals surface area contributed by atoms with Gasteiger partial charge in [0.05, 0.1) is 5.69 Å². The number of hydrogen-bond donors (Lipinski definition) is 2. The predicted octanol–water partition coefficient (Wildman–Crippen LogP) is 1.86. The van der Waals surface area contributed by atoms with Gasteiger partial charge in [-0.3, -0.25) is 9.59 Å². The van der Waals surface area contributed by atoms with Crippen molar-refractivity contribution in [3.8, 4) is 22.5 Å². The van der Waals surface area contributed by atoms with Crippen molar-refractivity contribution in [2.24, 2.45) is 5.73 Å². The van der Waals surface area contributed by atoms with Gasteiger partial charge >= 0.3 is 0 Å². The smallest absolute Gasteiger partial charge is 0.267 e. The molecule has 0 radical (unpaired) electrons. The molecule has 1 aliphatic heterocycles. The normalized spacial score (nSPS) is 19.0. The molecule has 0 saturated carbocycles. The maximum atomic E-state index is 12.3. The number of likely N-dealkylation sites (N-methyl/N-ethyl adjacent to an activating group) is 1. The van der Waals surface area contributed by atoms with E-state index in [-0.39, 0.29) is 17.9 Å². The second-order valence-corrected chi connectivity index (χ2v) is 7.27. The van der Waals surface area contributed by atoms with Crippen LogP contribution in [0.2, 0.25) is 0 Å². The van der Waals surface area contributed by atoms with Crippen LogP contribution >= 0.6 is 0 Å². The van der Waals surface area contributed by atoms with Crippen molar-refractivity contribution in [2.45, 2.75) is 18.9 Å². The highest BCUT2D eigenvalue weighted by Crippen LogP contribution is 2.35. The Balaban J connectivity index is 1.70. The van der Waals surface area contributed by atoms with Crippen molar-refractivity contribution in [1.82, 2.24) is 15.0 Å². The lowest BCUT2D eigenvalue weighted by atomic mass is 9.97. The Morgan fingerprint density at radius 3 is 2.59 bits per heavy atom. The summed E-state index contributed by atoms with van der Waals surface area (Å²) in [5.41, 5.74) is 7.33. The van der Waals surface area contributed by atoms with Crippen LogP contribution in [-0.2, 0) is 10.4 Å². The van der Waals surface area contributed by atoms with Gasteiger partial charge in [0.25, 0.3) is 11.8 Å². The molecule has 3 N–H and O–H groups in total. The van der Waals surface area contributed by atoms with Gasteiger partial charge in [-0.25, -0.2) is 4.98 Å². The van der Waals surface area contributed by atoms with E-state index < -0.39 is 17.4 Å². The minimum absolute atomic E-state index is 0.122. The summed E-state index contributed by atoms with van der Waals surface area (Å²) in [6.45, 7) is 2.31. The lowest BCUT2D eigenvalue weighted by Crippen LogP contribution is -2.35. The highest BCUT2D eigenvalue weighted by Gasteiger charge is 2.48. The number of nitrogens with zero attached hydrogens (tertiary/aromatic N) is 3. The zero-order valence-electron chi connectivity index (χ0n) is 16.0. The highest BCUT2D eigenvalue weighted by atomic mass is 16.5. The molecule has 3 aromatic rings.